The lowest BCUT2D eigenvalue weighted by Gasteiger charge is -2.44. The molecule has 0 amide bonds. The van der Waals surface area contributed by atoms with Gasteiger partial charge in [-0.05, 0) is 24.5 Å². The van der Waals surface area contributed by atoms with Gasteiger partial charge in [0.1, 0.15) is 0 Å². The van der Waals surface area contributed by atoms with E-state index in [1.807, 2.05) is 6.92 Å². The molecule has 3 aliphatic carbocycles. The van der Waals surface area contributed by atoms with E-state index in [4.69, 9.17) is 4.42 Å². The zero-order valence-corrected chi connectivity index (χ0v) is 13.1. The maximum Gasteiger partial charge on any atom is 0.229 e. The Morgan fingerprint density at radius 3 is 2.79 bits per heavy atom. The van der Waals surface area contributed by atoms with E-state index in [-0.39, 0.29) is 23.7 Å². The summed E-state index contributed by atoms with van der Waals surface area (Å²) in [6.07, 6.45) is 0.888. The van der Waals surface area contributed by atoms with Crippen molar-refractivity contribution in [2.24, 2.45) is 0 Å². The summed E-state index contributed by atoms with van der Waals surface area (Å²) in [6, 6.07) is 3.56. The number of aliphatic hydroxyl groups is 2. The highest BCUT2D eigenvalue weighted by atomic mass is 16.3. The summed E-state index contributed by atoms with van der Waals surface area (Å²) in [7, 11) is 0. The Balaban J connectivity index is 1.89. The number of Topliss-reactive ketones (excluding diaryl/α,β-unsaturated/α-hetero) is 1. The molecule has 3 aliphatic rings. The largest absolute Gasteiger partial charge is 0.460 e. The van der Waals surface area contributed by atoms with Crippen LogP contribution in [0, 0.1) is 0 Å². The number of hydrogen-bond acceptors (Lipinski definition) is 5. The van der Waals surface area contributed by atoms with Crippen LogP contribution < -0.4 is 0 Å². The lowest BCUT2D eigenvalue weighted by Crippen LogP contribution is -2.47. The van der Waals surface area contributed by atoms with Crippen LogP contribution in [0.25, 0.3) is 0 Å². The molecule has 0 fully saturated rings. The van der Waals surface area contributed by atoms with E-state index in [9.17, 15) is 19.8 Å². The molecule has 5 rings (SSSR count). The smallest absolute Gasteiger partial charge is 0.229 e. The molecule has 1 aromatic heterocycles. The molecular weight excluding hydrogens is 308 g/mol. The van der Waals surface area contributed by atoms with Crippen molar-refractivity contribution >= 4 is 11.6 Å². The summed E-state index contributed by atoms with van der Waals surface area (Å²) < 4.78 is 5.52. The van der Waals surface area contributed by atoms with Crippen LogP contribution in [0.5, 0.6) is 0 Å². The topological polar surface area (TPSA) is 87.7 Å². The fourth-order valence-electron chi connectivity index (χ4n) is 4.72. The third-order valence-electron chi connectivity index (χ3n) is 6.02. The number of aliphatic hydroxyl groups excluding tert-OH is 2. The number of carbonyl (C=O) groups is 2. The van der Waals surface area contributed by atoms with E-state index in [2.05, 4.69) is 0 Å². The Morgan fingerprint density at radius 1 is 1.21 bits per heavy atom. The van der Waals surface area contributed by atoms with Crippen LogP contribution in [-0.4, -0.2) is 27.9 Å². The van der Waals surface area contributed by atoms with Gasteiger partial charge in [-0.1, -0.05) is 12.1 Å². The molecular formula is C19H16O5. The van der Waals surface area contributed by atoms with E-state index < -0.39 is 17.6 Å². The van der Waals surface area contributed by atoms with E-state index in [1.54, 1.807) is 12.1 Å². The Bertz CT molecular complexity index is 937. The molecule has 2 unspecified atom stereocenters. The van der Waals surface area contributed by atoms with Gasteiger partial charge in [-0.15, -0.1) is 0 Å². The van der Waals surface area contributed by atoms with E-state index in [0.29, 0.717) is 35.1 Å². The van der Waals surface area contributed by atoms with Gasteiger partial charge in [0.25, 0.3) is 0 Å². The molecule has 5 nitrogen and oxygen atoms in total. The van der Waals surface area contributed by atoms with Crippen LogP contribution in [0.4, 0.5) is 0 Å². The fourth-order valence-corrected chi connectivity index (χ4v) is 4.72. The van der Waals surface area contributed by atoms with Crippen molar-refractivity contribution in [2.45, 2.75) is 43.8 Å². The number of benzene rings is 1. The summed E-state index contributed by atoms with van der Waals surface area (Å²) in [5.41, 5.74) is 2.96. The second-order valence-electron chi connectivity index (χ2n) is 7.13. The summed E-state index contributed by atoms with van der Waals surface area (Å²) in [5, 5.41) is 21.0. The van der Waals surface area contributed by atoms with E-state index in [1.165, 1.54) is 6.26 Å². The zero-order valence-electron chi connectivity index (χ0n) is 13.1. The first-order chi connectivity index (χ1) is 11.4. The Kier molecular flexibility index (Phi) is 2.49. The Labute approximate surface area is 137 Å². The van der Waals surface area contributed by atoms with Crippen molar-refractivity contribution in [1.82, 2.24) is 0 Å². The summed E-state index contributed by atoms with van der Waals surface area (Å²) >= 11 is 0. The van der Waals surface area contributed by atoms with Gasteiger partial charge in [-0.2, -0.15) is 0 Å². The predicted octanol–water partition coefficient (Wildman–Crippen LogP) is 2.06. The molecule has 5 heteroatoms. The highest BCUT2D eigenvalue weighted by Crippen LogP contribution is 2.53. The van der Waals surface area contributed by atoms with Crippen molar-refractivity contribution < 1.29 is 24.2 Å². The van der Waals surface area contributed by atoms with Crippen molar-refractivity contribution in [3.63, 3.8) is 0 Å². The molecule has 0 saturated carbocycles. The zero-order chi connectivity index (χ0) is 16.8. The van der Waals surface area contributed by atoms with Crippen LogP contribution in [0.3, 0.4) is 0 Å². The van der Waals surface area contributed by atoms with Crippen LogP contribution in [0.15, 0.2) is 22.8 Å². The van der Waals surface area contributed by atoms with E-state index in [0.717, 1.165) is 11.1 Å². The molecule has 122 valence electrons. The summed E-state index contributed by atoms with van der Waals surface area (Å²) in [6.45, 7) is 1.88. The number of fused-ring (bicyclic) bond motifs is 4. The number of carbonyl (C=O) groups excluding carboxylic acids is 2. The van der Waals surface area contributed by atoms with Gasteiger partial charge < -0.3 is 14.6 Å². The second kappa shape index (κ2) is 4.23. The van der Waals surface area contributed by atoms with Crippen LogP contribution in [0.1, 0.15) is 74.6 Å². The highest BCUT2D eigenvalue weighted by Gasteiger charge is 2.53. The monoisotopic (exact) mass is 324 g/mol. The summed E-state index contributed by atoms with van der Waals surface area (Å²) in [4.78, 5) is 25.1. The molecule has 2 aromatic rings. The van der Waals surface area contributed by atoms with Gasteiger partial charge in [0, 0.05) is 40.5 Å². The Morgan fingerprint density at radius 2 is 2.00 bits per heavy atom. The number of rotatable bonds is 0. The first kappa shape index (κ1) is 14.1. The molecule has 1 heterocycles. The van der Waals surface area contributed by atoms with Gasteiger partial charge in [-0.3, -0.25) is 9.59 Å². The van der Waals surface area contributed by atoms with Gasteiger partial charge in [-0.25, -0.2) is 0 Å². The molecule has 0 saturated heterocycles. The molecule has 0 radical (unpaired) electrons. The standard InChI is InChI=1S/C19H16O5/c1-19-11-4-2-8-9(3-5-12(8)20)15(11)17(23)18-16(19)10(7-24-18)13(21)6-14(19)22/h2,4,7,13-14,21-22H,3,5-6H2,1H3/t13?,14?,19-/m0/s1. The molecule has 0 bridgehead atoms. The number of hydrogen-bond donors (Lipinski definition) is 2. The minimum Gasteiger partial charge on any atom is -0.460 e. The minimum atomic E-state index is -0.842. The Hall–Kier alpha value is -2.24. The van der Waals surface area contributed by atoms with Gasteiger partial charge in [0.15, 0.2) is 11.5 Å². The SMILES string of the molecule is C[C@@]12c3ccc4c(c3C(=O)c3occ(c31)C(O)CC2O)CCC4=O. The molecule has 0 aliphatic heterocycles. The predicted molar refractivity (Wildman–Crippen MR) is 83.3 cm³/mol. The lowest BCUT2D eigenvalue weighted by atomic mass is 9.60. The van der Waals surface area contributed by atoms with Crippen molar-refractivity contribution in [1.29, 1.82) is 0 Å². The molecule has 0 spiro atoms. The number of furan rings is 1. The van der Waals surface area contributed by atoms with Gasteiger partial charge in [0.05, 0.1) is 18.5 Å². The van der Waals surface area contributed by atoms with Gasteiger partial charge >= 0.3 is 0 Å². The average Bonchev–Trinajstić information content (AvgIpc) is 3.16. The molecule has 2 N–H and O–H groups in total. The minimum absolute atomic E-state index is 0.0521. The van der Waals surface area contributed by atoms with Crippen molar-refractivity contribution in [3.8, 4) is 0 Å². The van der Waals surface area contributed by atoms with Gasteiger partial charge in [0.2, 0.25) is 5.78 Å². The average molecular weight is 324 g/mol. The van der Waals surface area contributed by atoms with Crippen LogP contribution in [-0.2, 0) is 11.8 Å². The first-order valence-corrected chi connectivity index (χ1v) is 8.16. The highest BCUT2D eigenvalue weighted by molar-refractivity contribution is 6.15. The van der Waals surface area contributed by atoms with Crippen molar-refractivity contribution in [3.05, 3.63) is 57.5 Å². The third kappa shape index (κ3) is 1.39. The third-order valence-corrected chi connectivity index (χ3v) is 6.02. The maximum absolute atomic E-state index is 13.1. The van der Waals surface area contributed by atoms with Crippen LogP contribution in [0.2, 0.25) is 0 Å². The maximum atomic E-state index is 13.1. The van der Waals surface area contributed by atoms with E-state index >= 15 is 0 Å². The first-order valence-electron chi connectivity index (χ1n) is 8.16. The molecule has 1 aromatic carbocycles. The molecule has 24 heavy (non-hydrogen) atoms. The quantitative estimate of drug-likeness (QED) is 0.774. The summed E-state index contributed by atoms with van der Waals surface area (Å²) in [5.74, 6) is -0.0153. The normalized spacial score (nSPS) is 30.1. The van der Waals surface area contributed by atoms with Crippen LogP contribution >= 0.6 is 0 Å². The second-order valence-corrected chi connectivity index (χ2v) is 7.13. The molecule has 3 atom stereocenters. The fraction of sp³-hybridized carbons (Fsp3) is 0.368. The van der Waals surface area contributed by atoms with Crippen molar-refractivity contribution in [2.75, 3.05) is 0 Å². The number of ketones is 2. The lowest BCUT2D eigenvalue weighted by molar-refractivity contribution is 0.0277.